The number of pyridine rings is 1. The summed E-state index contributed by atoms with van der Waals surface area (Å²) in [4.78, 5) is 17.1. The summed E-state index contributed by atoms with van der Waals surface area (Å²) in [6.07, 6.45) is 1.96. The second kappa shape index (κ2) is 5.75. The molecule has 1 amide bonds. The fourth-order valence-electron chi connectivity index (χ4n) is 2.16. The Kier molecular flexibility index (Phi) is 3.77. The molecule has 2 aromatic heterocycles. The first kappa shape index (κ1) is 15.1. The number of hydrogen-bond acceptors (Lipinski definition) is 4. The van der Waals surface area contributed by atoms with E-state index in [9.17, 15) is 18.0 Å². The molecule has 1 unspecified atom stereocenters. The van der Waals surface area contributed by atoms with Crippen LogP contribution in [0.2, 0.25) is 0 Å². The van der Waals surface area contributed by atoms with Gasteiger partial charge in [0.25, 0.3) is 0 Å². The number of hydrogen-bond donors (Lipinski definition) is 1. The summed E-state index contributed by atoms with van der Waals surface area (Å²) in [7, 11) is 0. The van der Waals surface area contributed by atoms with Crippen LogP contribution in [-0.2, 0) is 17.5 Å². The molecule has 1 aliphatic rings. The van der Waals surface area contributed by atoms with Crippen molar-refractivity contribution < 1.29 is 18.0 Å². The van der Waals surface area contributed by atoms with Crippen molar-refractivity contribution in [1.82, 2.24) is 25.0 Å². The second-order valence-electron chi connectivity index (χ2n) is 4.89. The van der Waals surface area contributed by atoms with Gasteiger partial charge in [0.2, 0.25) is 12.2 Å². The number of amides is 1. The minimum Gasteiger partial charge on any atom is -0.333 e. The third-order valence-electron chi connectivity index (χ3n) is 3.27. The lowest BCUT2D eigenvalue weighted by molar-refractivity contribution is -0.137. The van der Waals surface area contributed by atoms with E-state index in [4.69, 9.17) is 0 Å². The lowest BCUT2D eigenvalue weighted by Crippen LogP contribution is -2.45. The lowest BCUT2D eigenvalue weighted by Gasteiger charge is -2.33. The highest BCUT2D eigenvalue weighted by Crippen LogP contribution is 2.28. The molecule has 0 fully saturated rings. The fourth-order valence-corrected chi connectivity index (χ4v) is 2.16. The first-order chi connectivity index (χ1) is 10.9. The quantitative estimate of drug-likeness (QED) is 0.937. The molecule has 3 heterocycles. The van der Waals surface area contributed by atoms with Crippen LogP contribution in [0.3, 0.4) is 0 Å². The molecule has 0 bridgehead atoms. The number of rotatable bonds is 3. The predicted octanol–water partition coefficient (Wildman–Crippen LogP) is 1.90. The Morgan fingerprint density at radius 2 is 2.13 bits per heavy atom. The van der Waals surface area contributed by atoms with Gasteiger partial charge < -0.3 is 10.2 Å². The van der Waals surface area contributed by atoms with Crippen LogP contribution in [0.25, 0.3) is 0 Å². The van der Waals surface area contributed by atoms with Crippen LogP contribution in [0.5, 0.6) is 0 Å². The van der Waals surface area contributed by atoms with Gasteiger partial charge in [-0.1, -0.05) is 0 Å². The van der Waals surface area contributed by atoms with Crippen molar-refractivity contribution in [2.45, 2.75) is 19.0 Å². The molecule has 0 saturated heterocycles. The van der Waals surface area contributed by atoms with E-state index in [1.165, 1.54) is 16.8 Å². The van der Waals surface area contributed by atoms with Crippen molar-refractivity contribution in [3.05, 3.63) is 60.3 Å². The molecular weight excluding hydrogens is 311 g/mol. The SMILES string of the molecule is O=C1C=CN(Cc2ccc(C(F)(F)F)cn2)C(n2cccn2)N1. The molecular formula is C14H12F3N5O. The Balaban J connectivity index is 1.80. The number of carbonyl (C=O) groups excluding carboxylic acids is 1. The highest BCUT2D eigenvalue weighted by Gasteiger charge is 2.31. The number of carbonyl (C=O) groups is 1. The van der Waals surface area contributed by atoms with Crippen molar-refractivity contribution in [1.29, 1.82) is 0 Å². The van der Waals surface area contributed by atoms with Crippen LogP contribution in [0.1, 0.15) is 17.5 Å². The highest BCUT2D eigenvalue weighted by atomic mass is 19.4. The molecule has 120 valence electrons. The number of halogens is 3. The summed E-state index contributed by atoms with van der Waals surface area (Å²) in [6, 6.07) is 4.00. The standard InChI is InChI=1S/C14H12F3N5O/c15-14(16,17)10-2-3-11(18-8-10)9-21-7-4-12(23)20-13(21)22-6-1-5-19-22/h1-8,13H,9H2,(H,20,23). The number of nitrogens with zero attached hydrogens (tertiary/aromatic N) is 4. The normalized spacial score (nSPS) is 18.1. The Hall–Kier alpha value is -2.84. The molecule has 1 aliphatic heterocycles. The van der Waals surface area contributed by atoms with Crippen LogP contribution in [0, 0.1) is 0 Å². The molecule has 1 N–H and O–H groups in total. The van der Waals surface area contributed by atoms with Gasteiger partial charge in [-0.05, 0) is 18.2 Å². The Morgan fingerprint density at radius 3 is 2.74 bits per heavy atom. The Labute approximate surface area is 129 Å². The number of nitrogens with one attached hydrogen (secondary N) is 1. The van der Waals surface area contributed by atoms with E-state index in [-0.39, 0.29) is 12.5 Å². The largest absolute Gasteiger partial charge is 0.417 e. The molecule has 0 radical (unpaired) electrons. The summed E-state index contributed by atoms with van der Waals surface area (Å²) >= 11 is 0. The fraction of sp³-hybridized carbons (Fsp3) is 0.214. The number of aromatic nitrogens is 3. The maximum Gasteiger partial charge on any atom is 0.417 e. The molecule has 23 heavy (non-hydrogen) atoms. The lowest BCUT2D eigenvalue weighted by atomic mass is 10.2. The van der Waals surface area contributed by atoms with Crippen LogP contribution in [0.15, 0.2) is 49.1 Å². The molecule has 9 heteroatoms. The first-order valence-electron chi connectivity index (χ1n) is 6.69. The van der Waals surface area contributed by atoms with Gasteiger partial charge in [0.1, 0.15) is 0 Å². The highest BCUT2D eigenvalue weighted by molar-refractivity contribution is 5.88. The average molecular weight is 323 g/mol. The van der Waals surface area contributed by atoms with E-state index >= 15 is 0 Å². The van der Waals surface area contributed by atoms with Crippen LogP contribution < -0.4 is 5.32 Å². The maximum atomic E-state index is 12.5. The zero-order chi connectivity index (χ0) is 16.4. The van der Waals surface area contributed by atoms with Crippen molar-refractivity contribution in [3.8, 4) is 0 Å². The molecule has 0 aromatic carbocycles. The molecule has 3 rings (SSSR count). The predicted molar refractivity (Wildman–Crippen MR) is 73.3 cm³/mol. The minimum absolute atomic E-state index is 0.222. The number of alkyl halides is 3. The van der Waals surface area contributed by atoms with E-state index in [0.29, 0.717) is 5.69 Å². The van der Waals surface area contributed by atoms with Crippen LogP contribution in [-0.4, -0.2) is 25.6 Å². The van der Waals surface area contributed by atoms with Gasteiger partial charge in [0.15, 0.2) is 0 Å². The zero-order valence-electron chi connectivity index (χ0n) is 11.7. The Bertz CT molecular complexity index is 709. The van der Waals surface area contributed by atoms with Gasteiger partial charge in [0.05, 0.1) is 17.8 Å². The minimum atomic E-state index is -4.41. The van der Waals surface area contributed by atoms with Crippen molar-refractivity contribution in [2.75, 3.05) is 0 Å². The molecule has 0 spiro atoms. The topological polar surface area (TPSA) is 63.1 Å². The summed E-state index contributed by atoms with van der Waals surface area (Å²) in [5, 5.41) is 6.79. The molecule has 2 aromatic rings. The van der Waals surface area contributed by atoms with Crippen molar-refractivity contribution in [3.63, 3.8) is 0 Å². The summed E-state index contributed by atoms with van der Waals surface area (Å²) in [5.74, 6) is -0.276. The third kappa shape index (κ3) is 3.33. The van der Waals surface area contributed by atoms with Crippen molar-refractivity contribution >= 4 is 5.91 Å². The maximum absolute atomic E-state index is 12.5. The van der Waals surface area contributed by atoms with Crippen molar-refractivity contribution in [2.24, 2.45) is 0 Å². The van der Waals surface area contributed by atoms with E-state index in [1.54, 1.807) is 29.6 Å². The van der Waals surface area contributed by atoms with Crippen LogP contribution in [0.4, 0.5) is 13.2 Å². The van der Waals surface area contributed by atoms with Gasteiger partial charge >= 0.3 is 6.18 Å². The van der Waals surface area contributed by atoms with Gasteiger partial charge in [-0.2, -0.15) is 18.3 Å². The van der Waals surface area contributed by atoms with E-state index in [0.717, 1.165) is 12.3 Å². The van der Waals surface area contributed by atoms with E-state index in [2.05, 4.69) is 15.4 Å². The van der Waals surface area contributed by atoms with E-state index < -0.39 is 18.0 Å². The third-order valence-corrected chi connectivity index (χ3v) is 3.27. The Morgan fingerprint density at radius 1 is 1.30 bits per heavy atom. The summed E-state index contributed by atoms with van der Waals surface area (Å²) in [5.41, 5.74) is -0.358. The first-order valence-corrected chi connectivity index (χ1v) is 6.69. The van der Waals surface area contributed by atoms with Gasteiger partial charge in [-0.15, -0.1) is 0 Å². The van der Waals surface area contributed by atoms with Crippen LogP contribution >= 0.6 is 0 Å². The summed E-state index contributed by atoms with van der Waals surface area (Å²) in [6.45, 7) is 0.222. The molecule has 1 atom stereocenters. The van der Waals surface area contributed by atoms with Gasteiger partial charge in [-0.3, -0.25) is 9.78 Å². The average Bonchev–Trinajstić information content (AvgIpc) is 3.03. The van der Waals surface area contributed by atoms with E-state index in [1.807, 2.05) is 0 Å². The molecule has 6 nitrogen and oxygen atoms in total. The summed E-state index contributed by atoms with van der Waals surface area (Å²) < 4.78 is 39.2. The van der Waals surface area contributed by atoms with Gasteiger partial charge in [0, 0.05) is 30.9 Å². The monoisotopic (exact) mass is 323 g/mol. The second-order valence-corrected chi connectivity index (χ2v) is 4.89. The zero-order valence-corrected chi connectivity index (χ0v) is 11.7. The smallest absolute Gasteiger partial charge is 0.333 e. The van der Waals surface area contributed by atoms with Gasteiger partial charge in [-0.25, -0.2) is 4.68 Å². The molecule has 0 aliphatic carbocycles. The molecule has 0 saturated carbocycles.